The summed E-state index contributed by atoms with van der Waals surface area (Å²) in [6.07, 6.45) is 2.98. The highest BCUT2D eigenvalue weighted by atomic mass is 16.5. The number of aromatic carboxylic acids is 1. The first-order valence-electron chi connectivity index (χ1n) is 9.28. The minimum absolute atomic E-state index is 0.172. The number of nitrogens with zero attached hydrogens (tertiary/aromatic N) is 2. The molecule has 0 saturated heterocycles. The van der Waals surface area contributed by atoms with E-state index in [4.69, 9.17) is 9.47 Å². The lowest BCUT2D eigenvalue weighted by atomic mass is 10.0. The summed E-state index contributed by atoms with van der Waals surface area (Å²) in [6, 6.07) is 7.73. The fourth-order valence-corrected chi connectivity index (χ4v) is 2.93. The predicted molar refractivity (Wildman–Crippen MR) is 106 cm³/mol. The number of benzene rings is 1. The van der Waals surface area contributed by atoms with Gasteiger partial charge in [0.15, 0.2) is 0 Å². The van der Waals surface area contributed by atoms with Gasteiger partial charge in [-0.2, -0.15) is 0 Å². The SMILES string of the molecule is CCOCCOc1cc(N(CC)c2ccncc2C(=O)O)ccc1C(C)C. The zero-order valence-electron chi connectivity index (χ0n) is 16.4. The van der Waals surface area contributed by atoms with Gasteiger partial charge in [0.05, 0.1) is 12.3 Å². The summed E-state index contributed by atoms with van der Waals surface area (Å²) in [6.45, 7) is 10.4. The van der Waals surface area contributed by atoms with Crippen molar-refractivity contribution in [3.63, 3.8) is 0 Å². The third-order valence-corrected chi connectivity index (χ3v) is 4.26. The number of carboxylic acids is 1. The van der Waals surface area contributed by atoms with Crippen LogP contribution in [0, 0.1) is 0 Å². The van der Waals surface area contributed by atoms with E-state index < -0.39 is 5.97 Å². The third-order valence-electron chi connectivity index (χ3n) is 4.26. The molecule has 0 aliphatic rings. The van der Waals surface area contributed by atoms with Gasteiger partial charge in [0.25, 0.3) is 0 Å². The molecule has 6 heteroatoms. The van der Waals surface area contributed by atoms with Crippen LogP contribution >= 0.6 is 0 Å². The molecule has 0 atom stereocenters. The Hall–Kier alpha value is -2.60. The molecule has 1 heterocycles. The zero-order chi connectivity index (χ0) is 19.8. The quantitative estimate of drug-likeness (QED) is 0.620. The summed E-state index contributed by atoms with van der Waals surface area (Å²) in [7, 11) is 0. The van der Waals surface area contributed by atoms with Crippen molar-refractivity contribution >= 4 is 17.3 Å². The largest absolute Gasteiger partial charge is 0.491 e. The molecule has 1 N–H and O–H groups in total. The summed E-state index contributed by atoms with van der Waals surface area (Å²) < 4.78 is 11.3. The number of carboxylic acid groups (broad SMARTS) is 1. The Morgan fingerprint density at radius 1 is 1.22 bits per heavy atom. The van der Waals surface area contributed by atoms with Gasteiger partial charge in [-0.25, -0.2) is 4.79 Å². The van der Waals surface area contributed by atoms with Gasteiger partial charge in [-0.15, -0.1) is 0 Å². The van der Waals surface area contributed by atoms with Gasteiger partial charge in [0, 0.05) is 37.3 Å². The first-order valence-corrected chi connectivity index (χ1v) is 9.28. The maximum absolute atomic E-state index is 11.6. The maximum Gasteiger partial charge on any atom is 0.339 e. The van der Waals surface area contributed by atoms with E-state index in [1.165, 1.54) is 6.20 Å². The summed E-state index contributed by atoms with van der Waals surface area (Å²) in [5.41, 5.74) is 2.77. The van der Waals surface area contributed by atoms with Crippen molar-refractivity contribution < 1.29 is 19.4 Å². The highest BCUT2D eigenvalue weighted by Crippen LogP contribution is 2.35. The van der Waals surface area contributed by atoms with Crippen molar-refractivity contribution in [1.82, 2.24) is 4.98 Å². The highest BCUT2D eigenvalue weighted by Gasteiger charge is 2.18. The molecule has 0 fully saturated rings. The van der Waals surface area contributed by atoms with Crippen LogP contribution in [0.25, 0.3) is 0 Å². The van der Waals surface area contributed by atoms with Crippen LogP contribution in [-0.4, -0.2) is 42.4 Å². The van der Waals surface area contributed by atoms with Gasteiger partial charge in [0.2, 0.25) is 0 Å². The summed E-state index contributed by atoms with van der Waals surface area (Å²) in [4.78, 5) is 17.5. The third kappa shape index (κ3) is 5.20. The molecule has 0 saturated carbocycles. The lowest BCUT2D eigenvalue weighted by Crippen LogP contribution is -2.19. The fourth-order valence-electron chi connectivity index (χ4n) is 2.93. The van der Waals surface area contributed by atoms with Crippen LogP contribution in [0.15, 0.2) is 36.7 Å². The Balaban J connectivity index is 2.39. The Kier molecular flexibility index (Phi) is 7.61. The van der Waals surface area contributed by atoms with E-state index >= 15 is 0 Å². The second-order valence-electron chi connectivity index (χ2n) is 6.36. The van der Waals surface area contributed by atoms with Gasteiger partial charge in [-0.1, -0.05) is 19.9 Å². The summed E-state index contributed by atoms with van der Waals surface area (Å²) in [5.74, 6) is 0.113. The second kappa shape index (κ2) is 9.92. The molecule has 146 valence electrons. The molecule has 0 unspecified atom stereocenters. The van der Waals surface area contributed by atoms with Crippen LogP contribution in [-0.2, 0) is 4.74 Å². The van der Waals surface area contributed by atoms with E-state index in [1.54, 1.807) is 12.3 Å². The number of hydrogen-bond acceptors (Lipinski definition) is 5. The smallest absolute Gasteiger partial charge is 0.339 e. The summed E-state index contributed by atoms with van der Waals surface area (Å²) in [5, 5.41) is 9.49. The van der Waals surface area contributed by atoms with E-state index in [0.29, 0.717) is 38.0 Å². The molecule has 2 aromatic rings. The molecule has 0 spiro atoms. The Labute approximate surface area is 160 Å². The molecule has 1 aromatic heterocycles. The van der Waals surface area contributed by atoms with Gasteiger partial charge in [-0.05, 0) is 37.5 Å². The van der Waals surface area contributed by atoms with Gasteiger partial charge < -0.3 is 19.5 Å². The minimum atomic E-state index is -0.997. The zero-order valence-corrected chi connectivity index (χ0v) is 16.4. The standard InChI is InChI=1S/C21H28N2O4/c1-5-23(19-9-10-22-14-18(19)21(24)25)16-7-8-17(15(3)4)20(13-16)27-12-11-26-6-2/h7-10,13-15H,5-6,11-12H2,1-4H3,(H,24,25). The van der Waals surface area contributed by atoms with E-state index in [9.17, 15) is 9.90 Å². The van der Waals surface area contributed by atoms with Crippen molar-refractivity contribution in [3.8, 4) is 5.75 Å². The number of hydrogen-bond donors (Lipinski definition) is 1. The molecule has 2 rings (SSSR count). The van der Waals surface area contributed by atoms with Crippen LogP contribution in [0.3, 0.4) is 0 Å². The molecule has 0 aliphatic heterocycles. The van der Waals surface area contributed by atoms with Gasteiger partial charge in [-0.3, -0.25) is 4.98 Å². The van der Waals surface area contributed by atoms with E-state index in [1.807, 2.05) is 36.9 Å². The minimum Gasteiger partial charge on any atom is -0.491 e. The number of ether oxygens (including phenoxy) is 2. The van der Waals surface area contributed by atoms with Gasteiger partial charge >= 0.3 is 5.97 Å². The molecular formula is C21H28N2O4. The monoisotopic (exact) mass is 372 g/mol. The number of pyridine rings is 1. The first-order chi connectivity index (χ1) is 13.0. The van der Waals surface area contributed by atoms with Crippen LogP contribution in [0.2, 0.25) is 0 Å². The Morgan fingerprint density at radius 3 is 2.63 bits per heavy atom. The number of rotatable bonds is 10. The van der Waals surface area contributed by atoms with Crippen LogP contribution in [0.4, 0.5) is 11.4 Å². The van der Waals surface area contributed by atoms with Crippen molar-refractivity contribution in [3.05, 3.63) is 47.8 Å². The molecule has 6 nitrogen and oxygen atoms in total. The number of carbonyl (C=O) groups is 1. The van der Waals surface area contributed by atoms with Crippen molar-refractivity contribution in [2.45, 2.75) is 33.6 Å². The molecular weight excluding hydrogens is 344 g/mol. The molecule has 27 heavy (non-hydrogen) atoms. The molecule has 0 radical (unpaired) electrons. The average Bonchev–Trinajstić information content (AvgIpc) is 2.66. The van der Waals surface area contributed by atoms with E-state index in [-0.39, 0.29) is 5.56 Å². The molecule has 0 bridgehead atoms. The normalized spacial score (nSPS) is 10.9. The predicted octanol–water partition coefficient (Wildman–Crippen LogP) is 4.48. The Bertz CT molecular complexity index is 762. The number of aromatic nitrogens is 1. The lowest BCUT2D eigenvalue weighted by molar-refractivity contribution is 0.0697. The van der Waals surface area contributed by atoms with Gasteiger partial charge in [0.1, 0.15) is 17.9 Å². The van der Waals surface area contributed by atoms with Crippen molar-refractivity contribution in [2.24, 2.45) is 0 Å². The average molecular weight is 372 g/mol. The second-order valence-corrected chi connectivity index (χ2v) is 6.36. The Morgan fingerprint density at radius 2 is 2.00 bits per heavy atom. The van der Waals surface area contributed by atoms with E-state index in [2.05, 4.69) is 18.8 Å². The van der Waals surface area contributed by atoms with Crippen molar-refractivity contribution in [1.29, 1.82) is 0 Å². The summed E-state index contributed by atoms with van der Waals surface area (Å²) >= 11 is 0. The van der Waals surface area contributed by atoms with Crippen molar-refractivity contribution in [2.75, 3.05) is 31.3 Å². The van der Waals surface area contributed by atoms with Crippen LogP contribution < -0.4 is 9.64 Å². The topological polar surface area (TPSA) is 71.9 Å². The van der Waals surface area contributed by atoms with Crippen LogP contribution in [0.1, 0.15) is 49.5 Å². The molecule has 0 amide bonds. The molecule has 1 aromatic carbocycles. The highest BCUT2D eigenvalue weighted by molar-refractivity contribution is 5.95. The van der Waals surface area contributed by atoms with Crippen LogP contribution in [0.5, 0.6) is 5.75 Å². The fraction of sp³-hybridized carbons (Fsp3) is 0.429. The lowest BCUT2D eigenvalue weighted by Gasteiger charge is -2.26. The maximum atomic E-state index is 11.6. The molecule has 0 aliphatic carbocycles. The first kappa shape index (κ1) is 20.7. The number of anilines is 2. The van der Waals surface area contributed by atoms with E-state index in [0.717, 1.165) is 17.0 Å².